The van der Waals surface area contributed by atoms with E-state index >= 15 is 0 Å². The van der Waals surface area contributed by atoms with Gasteiger partial charge in [-0.2, -0.15) is 0 Å². The van der Waals surface area contributed by atoms with Gasteiger partial charge in [0.1, 0.15) is 5.82 Å². The zero-order valence-corrected chi connectivity index (χ0v) is 14.4. The molecule has 1 amide bonds. The van der Waals surface area contributed by atoms with Crippen LogP contribution in [0.4, 0.5) is 5.82 Å². The Morgan fingerprint density at radius 1 is 1.12 bits per heavy atom. The molecule has 1 aliphatic heterocycles. The third-order valence-corrected chi connectivity index (χ3v) is 4.57. The summed E-state index contributed by atoms with van der Waals surface area (Å²) in [5.41, 5.74) is 1.59. The van der Waals surface area contributed by atoms with Crippen LogP contribution in [-0.4, -0.2) is 29.1 Å². The Morgan fingerprint density at radius 3 is 2.56 bits per heavy atom. The number of nitrogens with zero attached hydrogens (tertiary/aromatic N) is 2. The van der Waals surface area contributed by atoms with E-state index < -0.39 is 6.10 Å². The van der Waals surface area contributed by atoms with Gasteiger partial charge < -0.3 is 15.3 Å². The van der Waals surface area contributed by atoms with Crippen molar-refractivity contribution in [3.63, 3.8) is 0 Å². The van der Waals surface area contributed by atoms with Crippen molar-refractivity contribution in [3.8, 4) is 0 Å². The first kappa shape index (κ1) is 17.4. The molecule has 0 spiro atoms. The minimum absolute atomic E-state index is 0.381. The van der Waals surface area contributed by atoms with Crippen molar-refractivity contribution in [2.24, 2.45) is 0 Å². The number of aliphatic hydroxyl groups excluding tert-OH is 1. The molecule has 0 radical (unpaired) electrons. The summed E-state index contributed by atoms with van der Waals surface area (Å²) in [7, 11) is 0. The van der Waals surface area contributed by atoms with Crippen molar-refractivity contribution in [2.75, 3.05) is 18.0 Å². The average molecular weight is 339 g/mol. The second-order valence-electron chi connectivity index (χ2n) is 6.45. The second kappa shape index (κ2) is 8.62. The molecule has 2 N–H and O–H groups in total. The maximum absolute atomic E-state index is 12.2. The van der Waals surface area contributed by atoms with Crippen LogP contribution in [0.3, 0.4) is 0 Å². The largest absolute Gasteiger partial charge is 0.378 e. The van der Waals surface area contributed by atoms with Gasteiger partial charge in [0.25, 0.3) is 5.91 Å². The molecule has 1 saturated heterocycles. The van der Waals surface area contributed by atoms with Gasteiger partial charge in [0.15, 0.2) is 6.10 Å². The smallest absolute Gasteiger partial charge is 0.253 e. The second-order valence-corrected chi connectivity index (χ2v) is 6.45. The molecule has 1 unspecified atom stereocenters. The van der Waals surface area contributed by atoms with Crippen LogP contribution in [0.15, 0.2) is 48.7 Å². The maximum Gasteiger partial charge on any atom is 0.253 e. The van der Waals surface area contributed by atoms with Gasteiger partial charge >= 0.3 is 0 Å². The minimum Gasteiger partial charge on any atom is -0.378 e. The van der Waals surface area contributed by atoms with E-state index in [1.165, 1.54) is 25.7 Å². The summed E-state index contributed by atoms with van der Waals surface area (Å²) in [5.74, 6) is 0.580. The number of carbonyl (C=O) groups is 1. The maximum atomic E-state index is 12.2. The zero-order chi connectivity index (χ0) is 17.5. The van der Waals surface area contributed by atoms with Crippen LogP contribution < -0.4 is 10.2 Å². The van der Waals surface area contributed by atoms with Crippen LogP contribution in [0.25, 0.3) is 0 Å². The lowest BCUT2D eigenvalue weighted by Gasteiger charge is -2.22. The van der Waals surface area contributed by atoms with E-state index in [2.05, 4.69) is 15.2 Å². The number of aliphatic hydroxyl groups is 1. The lowest BCUT2D eigenvalue weighted by Crippen LogP contribution is -2.29. The number of hydrogen-bond acceptors (Lipinski definition) is 4. The van der Waals surface area contributed by atoms with E-state index in [0.717, 1.165) is 24.5 Å². The Kier molecular flexibility index (Phi) is 6.01. The number of amides is 1. The van der Waals surface area contributed by atoms with Gasteiger partial charge in [-0.1, -0.05) is 43.2 Å². The molecule has 0 aliphatic carbocycles. The van der Waals surface area contributed by atoms with Gasteiger partial charge in [-0.05, 0) is 36.1 Å². The molecule has 1 aromatic heterocycles. The van der Waals surface area contributed by atoms with Crippen LogP contribution in [0.1, 0.15) is 42.9 Å². The topological polar surface area (TPSA) is 65.5 Å². The fourth-order valence-electron chi connectivity index (χ4n) is 3.12. The molecule has 0 bridgehead atoms. The van der Waals surface area contributed by atoms with E-state index in [1.54, 1.807) is 18.3 Å². The molecule has 5 nitrogen and oxygen atoms in total. The highest BCUT2D eigenvalue weighted by molar-refractivity contribution is 5.81. The summed E-state index contributed by atoms with van der Waals surface area (Å²) in [4.78, 5) is 19.0. The normalized spacial score (nSPS) is 16.1. The van der Waals surface area contributed by atoms with E-state index in [4.69, 9.17) is 0 Å². The molecule has 25 heavy (non-hydrogen) atoms. The van der Waals surface area contributed by atoms with Crippen LogP contribution in [0.5, 0.6) is 0 Å². The first-order chi connectivity index (χ1) is 12.2. The quantitative estimate of drug-likeness (QED) is 0.879. The third-order valence-electron chi connectivity index (χ3n) is 4.57. The highest BCUT2D eigenvalue weighted by Crippen LogP contribution is 2.18. The van der Waals surface area contributed by atoms with Gasteiger partial charge in [-0.3, -0.25) is 4.79 Å². The predicted octanol–water partition coefficient (Wildman–Crippen LogP) is 2.81. The summed E-state index contributed by atoms with van der Waals surface area (Å²) in [6.07, 6.45) is 5.61. The van der Waals surface area contributed by atoms with E-state index in [9.17, 15) is 9.90 Å². The SMILES string of the molecule is O=C(NCc1ccnc(N2CCCCCC2)c1)C(O)c1ccccc1. The van der Waals surface area contributed by atoms with Gasteiger partial charge in [0.2, 0.25) is 0 Å². The fraction of sp³-hybridized carbons (Fsp3) is 0.400. The van der Waals surface area contributed by atoms with Crippen molar-refractivity contribution < 1.29 is 9.90 Å². The average Bonchev–Trinajstić information content (AvgIpc) is 2.96. The summed E-state index contributed by atoms with van der Waals surface area (Å²) in [6.45, 7) is 2.46. The molecular formula is C20H25N3O2. The number of rotatable bonds is 5. The summed E-state index contributed by atoms with van der Waals surface area (Å²) in [6, 6.07) is 12.9. The minimum atomic E-state index is -1.15. The first-order valence-corrected chi connectivity index (χ1v) is 8.94. The molecular weight excluding hydrogens is 314 g/mol. The molecule has 132 valence electrons. The summed E-state index contributed by atoms with van der Waals surface area (Å²) < 4.78 is 0. The van der Waals surface area contributed by atoms with E-state index in [0.29, 0.717) is 12.1 Å². The fourth-order valence-corrected chi connectivity index (χ4v) is 3.12. The molecule has 2 heterocycles. The highest BCUT2D eigenvalue weighted by atomic mass is 16.3. The Balaban J connectivity index is 1.59. The van der Waals surface area contributed by atoms with E-state index in [-0.39, 0.29) is 5.91 Å². The first-order valence-electron chi connectivity index (χ1n) is 8.94. The van der Waals surface area contributed by atoms with Crippen molar-refractivity contribution in [2.45, 2.75) is 38.3 Å². The van der Waals surface area contributed by atoms with Gasteiger partial charge in [0.05, 0.1) is 0 Å². The Hall–Kier alpha value is -2.40. The third kappa shape index (κ3) is 4.79. The Bertz CT molecular complexity index is 682. The van der Waals surface area contributed by atoms with Gasteiger partial charge in [0, 0.05) is 25.8 Å². The number of hydrogen-bond donors (Lipinski definition) is 2. The number of carbonyl (C=O) groups excluding carboxylic acids is 1. The van der Waals surface area contributed by atoms with Crippen LogP contribution in [0, 0.1) is 0 Å². The monoisotopic (exact) mass is 339 g/mol. The number of benzene rings is 1. The lowest BCUT2D eigenvalue weighted by molar-refractivity contribution is -0.129. The van der Waals surface area contributed by atoms with Crippen molar-refractivity contribution >= 4 is 11.7 Å². The molecule has 0 saturated carbocycles. The van der Waals surface area contributed by atoms with E-state index in [1.807, 2.05) is 30.3 Å². The standard InChI is InChI=1S/C20H25N3O2/c24-19(17-8-4-3-5-9-17)20(25)22-15-16-10-11-21-18(14-16)23-12-6-1-2-7-13-23/h3-5,8-11,14,19,24H,1-2,6-7,12-13,15H2,(H,22,25). The van der Waals surface area contributed by atoms with Crippen molar-refractivity contribution in [1.29, 1.82) is 0 Å². The van der Waals surface area contributed by atoms with Crippen LogP contribution in [0.2, 0.25) is 0 Å². The van der Waals surface area contributed by atoms with Crippen molar-refractivity contribution in [1.82, 2.24) is 10.3 Å². The zero-order valence-electron chi connectivity index (χ0n) is 14.4. The molecule has 2 aromatic rings. The van der Waals surface area contributed by atoms with Gasteiger partial charge in [-0.15, -0.1) is 0 Å². The molecule has 5 heteroatoms. The van der Waals surface area contributed by atoms with Crippen molar-refractivity contribution in [3.05, 3.63) is 59.8 Å². The van der Waals surface area contributed by atoms with Crippen LogP contribution >= 0.6 is 0 Å². The number of pyridine rings is 1. The Labute approximate surface area is 148 Å². The Morgan fingerprint density at radius 2 is 1.84 bits per heavy atom. The number of anilines is 1. The molecule has 1 aliphatic rings. The summed E-state index contributed by atoms with van der Waals surface area (Å²) >= 11 is 0. The number of aromatic nitrogens is 1. The molecule has 3 rings (SSSR count). The predicted molar refractivity (Wildman–Crippen MR) is 98.2 cm³/mol. The highest BCUT2D eigenvalue weighted by Gasteiger charge is 2.17. The van der Waals surface area contributed by atoms with Crippen LogP contribution in [-0.2, 0) is 11.3 Å². The van der Waals surface area contributed by atoms with Gasteiger partial charge in [-0.25, -0.2) is 4.98 Å². The molecule has 1 aromatic carbocycles. The molecule has 1 atom stereocenters. The number of nitrogens with one attached hydrogen (secondary N) is 1. The summed E-state index contributed by atoms with van der Waals surface area (Å²) in [5, 5.41) is 12.9. The molecule has 1 fully saturated rings. The lowest BCUT2D eigenvalue weighted by atomic mass is 10.1.